The largest absolute Gasteiger partial charge is 0.312 e. The third-order valence-corrected chi connectivity index (χ3v) is 5.50. The van der Waals surface area contributed by atoms with Crippen molar-refractivity contribution in [2.75, 3.05) is 0 Å². The highest BCUT2D eigenvalue weighted by molar-refractivity contribution is 7.07. The molecule has 0 aliphatic heterocycles. The predicted octanol–water partition coefficient (Wildman–Crippen LogP) is 6.46. The van der Waals surface area contributed by atoms with E-state index in [9.17, 15) is 0 Å². The van der Waals surface area contributed by atoms with Gasteiger partial charge in [0.2, 0.25) is 0 Å². The molecule has 0 saturated heterocycles. The summed E-state index contributed by atoms with van der Waals surface area (Å²) in [5.41, 5.74) is 5.76. The summed E-state index contributed by atoms with van der Waals surface area (Å²) < 4.78 is 2.27. The van der Waals surface area contributed by atoms with E-state index in [1.807, 2.05) is 42.5 Å². The van der Waals surface area contributed by atoms with Gasteiger partial charge in [-0.1, -0.05) is 71.8 Å². The summed E-state index contributed by atoms with van der Waals surface area (Å²) in [7, 11) is 0. The van der Waals surface area contributed by atoms with Crippen molar-refractivity contribution in [3.63, 3.8) is 0 Å². The van der Waals surface area contributed by atoms with Gasteiger partial charge in [0, 0.05) is 10.4 Å². The molecule has 134 valence electrons. The number of para-hydroxylation sites is 1. The van der Waals surface area contributed by atoms with E-state index in [1.54, 1.807) is 11.3 Å². The maximum Gasteiger partial charge on any atom is 0.190 e. The number of halogens is 1. The molecule has 4 rings (SSSR count). The second-order valence-electron chi connectivity index (χ2n) is 6.43. The lowest BCUT2D eigenvalue weighted by atomic mass is 10.1. The highest BCUT2D eigenvalue weighted by Crippen LogP contribution is 2.23. The minimum absolute atomic E-state index is 0.744. The van der Waals surface area contributed by atoms with E-state index in [1.165, 1.54) is 11.1 Å². The molecule has 3 aromatic carbocycles. The molecule has 0 radical (unpaired) electrons. The summed E-state index contributed by atoms with van der Waals surface area (Å²) in [6.45, 7) is 2.88. The highest BCUT2D eigenvalue weighted by atomic mass is 35.5. The van der Waals surface area contributed by atoms with E-state index in [0.29, 0.717) is 0 Å². The van der Waals surface area contributed by atoms with Gasteiger partial charge in [0.05, 0.1) is 17.9 Å². The van der Waals surface area contributed by atoms with Gasteiger partial charge in [-0.3, -0.25) is 0 Å². The third kappa shape index (κ3) is 4.21. The van der Waals surface area contributed by atoms with Crippen molar-refractivity contribution in [3.8, 4) is 11.3 Å². The monoisotopic (exact) mass is 390 g/mol. The standard InChI is InChI=1S/C23H19ClN2S/c1-17-7-9-18(10-8-17)15-26-22(19-11-13-20(24)14-12-19)16-27-23(26)25-21-5-3-2-4-6-21/h2-14,16H,15H2,1H3. The Morgan fingerprint density at radius 2 is 1.59 bits per heavy atom. The van der Waals surface area contributed by atoms with Crippen molar-refractivity contribution < 1.29 is 0 Å². The van der Waals surface area contributed by atoms with Gasteiger partial charge in [-0.2, -0.15) is 0 Å². The molecule has 0 N–H and O–H groups in total. The molecule has 0 bridgehead atoms. The molecule has 0 fully saturated rings. The molecule has 0 aliphatic carbocycles. The zero-order valence-corrected chi connectivity index (χ0v) is 16.5. The fourth-order valence-electron chi connectivity index (χ4n) is 2.91. The van der Waals surface area contributed by atoms with Crippen LogP contribution in [-0.2, 0) is 6.54 Å². The van der Waals surface area contributed by atoms with Crippen LogP contribution < -0.4 is 4.80 Å². The molecule has 1 heterocycles. The van der Waals surface area contributed by atoms with Crippen LogP contribution in [0.4, 0.5) is 5.69 Å². The van der Waals surface area contributed by atoms with Gasteiger partial charge in [-0.05, 0) is 42.3 Å². The molecule has 0 saturated carbocycles. The molecule has 4 aromatic rings. The first-order valence-electron chi connectivity index (χ1n) is 8.79. The lowest BCUT2D eigenvalue weighted by Crippen LogP contribution is -2.16. The van der Waals surface area contributed by atoms with Crippen molar-refractivity contribution in [1.82, 2.24) is 4.57 Å². The molecule has 0 aliphatic rings. The zero-order chi connectivity index (χ0) is 18.6. The number of aromatic nitrogens is 1. The van der Waals surface area contributed by atoms with Crippen LogP contribution in [0.15, 0.2) is 89.2 Å². The molecule has 0 amide bonds. The van der Waals surface area contributed by atoms with E-state index in [2.05, 4.69) is 53.3 Å². The SMILES string of the molecule is Cc1ccc(Cn2c(-c3ccc(Cl)cc3)csc2=Nc2ccccc2)cc1. The van der Waals surface area contributed by atoms with Crippen molar-refractivity contribution >= 4 is 28.6 Å². The smallest absolute Gasteiger partial charge is 0.190 e. The Morgan fingerprint density at radius 3 is 2.30 bits per heavy atom. The third-order valence-electron chi connectivity index (χ3n) is 4.38. The maximum atomic E-state index is 6.07. The summed E-state index contributed by atoms with van der Waals surface area (Å²) in [5, 5.41) is 2.91. The lowest BCUT2D eigenvalue weighted by molar-refractivity contribution is 0.778. The van der Waals surface area contributed by atoms with Gasteiger partial charge in [-0.15, -0.1) is 11.3 Å². The summed E-state index contributed by atoms with van der Waals surface area (Å²) in [6.07, 6.45) is 0. The molecular formula is C23H19ClN2S. The number of thiazole rings is 1. The number of aryl methyl sites for hydroxylation is 1. The molecule has 0 spiro atoms. The first-order chi connectivity index (χ1) is 13.2. The summed E-state index contributed by atoms with van der Waals surface area (Å²) >= 11 is 7.73. The Labute approximate surface area is 168 Å². The Balaban J connectivity index is 1.83. The Kier molecular flexibility index (Phi) is 5.23. The van der Waals surface area contributed by atoms with Crippen molar-refractivity contribution in [2.24, 2.45) is 4.99 Å². The van der Waals surface area contributed by atoms with E-state index in [0.717, 1.165) is 33.3 Å². The average Bonchev–Trinajstić information content (AvgIpc) is 3.07. The summed E-state index contributed by atoms with van der Waals surface area (Å²) in [4.78, 5) is 5.85. The van der Waals surface area contributed by atoms with Crippen LogP contribution in [0.5, 0.6) is 0 Å². The Morgan fingerprint density at radius 1 is 0.889 bits per heavy atom. The number of hydrogen-bond acceptors (Lipinski definition) is 2. The molecule has 0 unspecified atom stereocenters. The van der Waals surface area contributed by atoms with Crippen LogP contribution in [0, 0.1) is 6.92 Å². The quantitative estimate of drug-likeness (QED) is 0.380. The van der Waals surface area contributed by atoms with Crippen molar-refractivity contribution in [2.45, 2.75) is 13.5 Å². The topological polar surface area (TPSA) is 17.3 Å². The number of nitrogens with zero attached hydrogens (tertiary/aromatic N) is 2. The number of rotatable bonds is 4. The van der Waals surface area contributed by atoms with Gasteiger partial charge in [0.1, 0.15) is 0 Å². The lowest BCUT2D eigenvalue weighted by Gasteiger charge is -2.10. The maximum absolute atomic E-state index is 6.07. The van der Waals surface area contributed by atoms with Crippen LogP contribution in [0.2, 0.25) is 5.02 Å². The fourth-order valence-corrected chi connectivity index (χ4v) is 3.97. The molecular weight excluding hydrogens is 372 g/mol. The number of hydrogen-bond donors (Lipinski definition) is 0. The Bertz CT molecular complexity index is 1090. The van der Waals surface area contributed by atoms with E-state index < -0.39 is 0 Å². The first-order valence-corrected chi connectivity index (χ1v) is 10.0. The van der Waals surface area contributed by atoms with Crippen LogP contribution in [0.25, 0.3) is 11.3 Å². The van der Waals surface area contributed by atoms with Crippen LogP contribution in [0.1, 0.15) is 11.1 Å². The average molecular weight is 391 g/mol. The van der Waals surface area contributed by atoms with Gasteiger partial charge in [0.15, 0.2) is 4.80 Å². The molecule has 1 aromatic heterocycles. The predicted molar refractivity (Wildman–Crippen MR) is 115 cm³/mol. The van der Waals surface area contributed by atoms with Crippen molar-refractivity contribution in [1.29, 1.82) is 0 Å². The van der Waals surface area contributed by atoms with E-state index >= 15 is 0 Å². The molecule has 4 heteroatoms. The second-order valence-corrected chi connectivity index (χ2v) is 7.70. The zero-order valence-electron chi connectivity index (χ0n) is 15.0. The molecule has 27 heavy (non-hydrogen) atoms. The molecule has 2 nitrogen and oxygen atoms in total. The minimum Gasteiger partial charge on any atom is -0.312 e. The number of benzene rings is 3. The summed E-state index contributed by atoms with van der Waals surface area (Å²) in [5.74, 6) is 0. The van der Waals surface area contributed by atoms with E-state index in [4.69, 9.17) is 16.6 Å². The minimum atomic E-state index is 0.744. The first kappa shape index (κ1) is 17.8. The van der Waals surface area contributed by atoms with Crippen LogP contribution in [-0.4, -0.2) is 4.57 Å². The van der Waals surface area contributed by atoms with E-state index in [-0.39, 0.29) is 0 Å². The fraction of sp³-hybridized carbons (Fsp3) is 0.0870. The van der Waals surface area contributed by atoms with Gasteiger partial charge in [0.25, 0.3) is 0 Å². The highest BCUT2D eigenvalue weighted by Gasteiger charge is 2.09. The summed E-state index contributed by atoms with van der Waals surface area (Å²) in [6, 6.07) is 26.7. The van der Waals surface area contributed by atoms with Crippen LogP contribution in [0.3, 0.4) is 0 Å². The van der Waals surface area contributed by atoms with Gasteiger partial charge in [-0.25, -0.2) is 4.99 Å². The van der Waals surface area contributed by atoms with Gasteiger partial charge >= 0.3 is 0 Å². The molecule has 0 atom stereocenters. The van der Waals surface area contributed by atoms with Crippen LogP contribution >= 0.6 is 22.9 Å². The van der Waals surface area contributed by atoms with Gasteiger partial charge < -0.3 is 4.57 Å². The Hall–Kier alpha value is -2.62. The normalized spacial score (nSPS) is 11.7. The second kappa shape index (κ2) is 7.95. The van der Waals surface area contributed by atoms with Crippen molar-refractivity contribution in [3.05, 3.63) is 105 Å².